The first-order valence-corrected chi connectivity index (χ1v) is 3.28. The Bertz CT molecular complexity index is 255. The van der Waals surface area contributed by atoms with Gasteiger partial charge in [-0.3, -0.25) is 4.79 Å². The van der Waals surface area contributed by atoms with Crippen molar-refractivity contribution in [3.63, 3.8) is 0 Å². The van der Waals surface area contributed by atoms with E-state index in [0.29, 0.717) is 0 Å². The van der Waals surface area contributed by atoms with Gasteiger partial charge in [0.2, 0.25) is 0 Å². The number of rotatable bonds is 2. The van der Waals surface area contributed by atoms with Crippen LogP contribution in [0.15, 0.2) is 18.6 Å². The Balaban J connectivity index is 2.74. The number of primary amides is 1. The van der Waals surface area contributed by atoms with Gasteiger partial charge in [0.15, 0.2) is 12.2 Å². The van der Waals surface area contributed by atoms with Crippen molar-refractivity contribution in [3.05, 3.63) is 24.3 Å². The summed E-state index contributed by atoms with van der Waals surface area (Å²) in [6, 6.07) is 1.82. The van der Waals surface area contributed by atoms with E-state index in [1.54, 1.807) is 17.1 Å². The standard InChI is InChI=1S/C7H9N3O/c1-6-2-3-10(5-9-6)4-7(8)11/h2-3,5H,4H2,1H3,(H-,8,11)/p+1. The average molecular weight is 152 g/mol. The van der Waals surface area contributed by atoms with Crippen LogP contribution < -0.4 is 10.3 Å². The van der Waals surface area contributed by atoms with Gasteiger partial charge in [-0.15, -0.1) is 0 Å². The molecular weight excluding hydrogens is 142 g/mol. The van der Waals surface area contributed by atoms with Crippen LogP contribution in [0.5, 0.6) is 0 Å². The first-order valence-electron chi connectivity index (χ1n) is 3.28. The highest BCUT2D eigenvalue weighted by atomic mass is 16.1. The van der Waals surface area contributed by atoms with Gasteiger partial charge < -0.3 is 5.73 Å². The first kappa shape index (κ1) is 7.65. The van der Waals surface area contributed by atoms with Gasteiger partial charge in [0.1, 0.15) is 0 Å². The van der Waals surface area contributed by atoms with E-state index in [4.69, 9.17) is 5.73 Å². The zero-order valence-electron chi connectivity index (χ0n) is 6.32. The van der Waals surface area contributed by atoms with Gasteiger partial charge in [-0.05, 0) is 0 Å². The Kier molecular flexibility index (Phi) is 2.15. The summed E-state index contributed by atoms with van der Waals surface area (Å²) < 4.78 is 1.63. The van der Waals surface area contributed by atoms with Crippen molar-refractivity contribution in [1.29, 1.82) is 0 Å². The molecule has 0 aliphatic rings. The summed E-state index contributed by atoms with van der Waals surface area (Å²) in [6.07, 6.45) is 3.35. The number of hydrogen-bond acceptors (Lipinski definition) is 2. The van der Waals surface area contributed by atoms with E-state index in [2.05, 4.69) is 4.98 Å². The number of nitrogens with zero attached hydrogens (tertiary/aromatic N) is 2. The fraction of sp³-hybridized carbons (Fsp3) is 0.286. The highest BCUT2D eigenvalue weighted by Crippen LogP contribution is 1.82. The lowest BCUT2D eigenvalue weighted by Gasteiger charge is -1.92. The van der Waals surface area contributed by atoms with Crippen LogP contribution in [0.2, 0.25) is 0 Å². The van der Waals surface area contributed by atoms with Gasteiger partial charge >= 0.3 is 0 Å². The number of amides is 1. The number of hydrogen-bond donors (Lipinski definition) is 1. The average Bonchev–Trinajstić information content (AvgIpc) is 1.93. The Labute approximate surface area is 64.7 Å². The minimum atomic E-state index is -0.361. The highest BCUT2D eigenvalue weighted by Gasteiger charge is 2.01. The summed E-state index contributed by atoms with van der Waals surface area (Å²) in [7, 11) is 0. The quantitative estimate of drug-likeness (QED) is 0.562. The summed E-state index contributed by atoms with van der Waals surface area (Å²) in [6.45, 7) is 2.07. The van der Waals surface area contributed by atoms with Crippen LogP contribution in [-0.4, -0.2) is 10.9 Å². The van der Waals surface area contributed by atoms with Gasteiger partial charge in [0.05, 0.1) is 6.20 Å². The molecular formula is C7H10N3O+. The molecule has 4 heteroatoms. The fourth-order valence-corrected chi connectivity index (χ4v) is 0.724. The predicted molar refractivity (Wildman–Crippen MR) is 38.4 cm³/mol. The molecule has 0 saturated heterocycles. The van der Waals surface area contributed by atoms with Crippen molar-refractivity contribution < 1.29 is 9.36 Å². The van der Waals surface area contributed by atoms with Crippen molar-refractivity contribution in [2.24, 2.45) is 5.73 Å². The zero-order valence-corrected chi connectivity index (χ0v) is 6.32. The maximum Gasteiger partial charge on any atom is 0.286 e. The lowest BCUT2D eigenvalue weighted by atomic mass is 10.4. The van der Waals surface area contributed by atoms with Crippen LogP contribution in [0.3, 0.4) is 0 Å². The molecule has 11 heavy (non-hydrogen) atoms. The van der Waals surface area contributed by atoms with E-state index in [9.17, 15) is 4.79 Å². The molecule has 0 aliphatic heterocycles. The maximum absolute atomic E-state index is 10.4. The molecule has 2 N–H and O–H groups in total. The van der Waals surface area contributed by atoms with E-state index in [1.165, 1.54) is 0 Å². The Morgan fingerprint density at radius 3 is 3.00 bits per heavy atom. The summed E-state index contributed by atoms with van der Waals surface area (Å²) in [5.41, 5.74) is 5.90. The second-order valence-electron chi connectivity index (χ2n) is 2.34. The van der Waals surface area contributed by atoms with E-state index in [-0.39, 0.29) is 12.5 Å². The third-order valence-corrected chi connectivity index (χ3v) is 1.26. The molecule has 0 bridgehead atoms. The molecule has 1 heterocycles. The van der Waals surface area contributed by atoms with Gasteiger partial charge in [-0.1, -0.05) is 4.98 Å². The SMILES string of the molecule is Cc1cc[n+](CC(N)=O)cn1. The van der Waals surface area contributed by atoms with Crippen LogP contribution in [0, 0.1) is 6.92 Å². The number of aryl methyl sites for hydroxylation is 1. The van der Waals surface area contributed by atoms with Crippen LogP contribution >= 0.6 is 0 Å². The third kappa shape index (κ3) is 2.33. The van der Waals surface area contributed by atoms with Crippen LogP contribution in [-0.2, 0) is 11.3 Å². The number of nitrogens with two attached hydrogens (primary N) is 1. The topological polar surface area (TPSA) is 59.9 Å². The first-order chi connectivity index (χ1) is 5.18. The van der Waals surface area contributed by atoms with E-state index in [0.717, 1.165) is 5.69 Å². The Hall–Kier alpha value is -1.45. The molecule has 1 amide bonds. The molecule has 0 aliphatic carbocycles. The second-order valence-corrected chi connectivity index (χ2v) is 2.34. The van der Waals surface area contributed by atoms with Gasteiger partial charge in [0, 0.05) is 13.0 Å². The molecule has 0 unspecified atom stereocenters. The smallest absolute Gasteiger partial charge is 0.286 e. The van der Waals surface area contributed by atoms with E-state index >= 15 is 0 Å². The molecule has 0 fully saturated rings. The molecule has 0 atom stereocenters. The summed E-state index contributed by atoms with van der Waals surface area (Å²) in [4.78, 5) is 14.4. The van der Waals surface area contributed by atoms with Crippen molar-refractivity contribution in [2.75, 3.05) is 0 Å². The van der Waals surface area contributed by atoms with Crippen LogP contribution in [0.4, 0.5) is 0 Å². The Morgan fingerprint density at radius 1 is 1.82 bits per heavy atom. The molecule has 0 radical (unpaired) electrons. The molecule has 58 valence electrons. The number of carbonyl (C=O) groups excluding carboxylic acids is 1. The molecule has 0 aromatic carbocycles. The summed E-state index contributed by atoms with van der Waals surface area (Å²) in [5, 5.41) is 0. The van der Waals surface area contributed by atoms with E-state index < -0.39 is 0 Å². The summed E-state index contributed by atoms with van der Waals surface area (Å²) in [5.74, 6) is -0.361. The van der Waals surface area contributed by atoms with Crippen LogP contribution in [0.25, 0.3) is 0 Å². The highest BCUT2D eigenvalue weighted by molar-refractivity contribution is 5.72. The summed E-state index contributed by atoms with van der Waals surface area (Å²) >= 11 is 0. The molecule has 1 aromatic heterocycles. The molecule has 1 rings (SSSR count). The minimum absolute atomic E-state index is 0.188. The third-order valence-electron chi connectivity index (χ3n) is 1.26. The lowest BCUT2D eigenvalue weighted by Crippen LogP contribution is -2.40. The van der Waals surface area contributed by atoms with Crippen molar-refractivity contribution in [3.8, 4) is 0 Å². The zero-order chi connectivity index (χ0) is 8.27. The molecule has 4 nitrogen and oxygen atoms in total. The fourth-order valence-electron chi connectivity index (χ4n) is 0.724. The predicted octanol–water partition coefficient (Wildman–Crippen LogP) is -0.837. The molecule has 0 spiro atoms. The van der Waals surface area contributed by atoms with Crippen molar-refractivity contribution in [2.45, 2.75) is 13.5 Å². The minimum Gasteiger partial charge on any atom is -0.366 e. The van der Waals surface area contributed by atoms with Crippen LogP contribution in [0.1, 0.15) is 5.69 Å². The van der Waals surface area contributed by atoms with Gasteiger partial charge in [0.25, 0.3) is 12.2 Å². The molecule has 0 saturated carbocycles. The number of carbonyl (C=O) groups is 1. The largest absolute Gasteiger partial charge is 0.366 e. The molecule has 1 aromatic rings. The second kappa shape index (κ2) is 3.09. The van der Waals surface area contributed by atoms with E-state index in [1.807, 2.05) is 13.0 Å². The lowest BCUT2D eigenvalue weighted by molar-refractivity contribution is -0.687. The normalized spacial score (nSPS) is 9.55. The Morgan fingerprint density at radius 2 is 2.55 bits per heavy atom. The van der Waals surface area contributed by atoms with Gasteiger partial charge in [-0.2, -0.15) is 0 Å². The van der Waals surface area contributed by atoms with Crippen molar-refractivity contribution >= 4 is 5.91 Å². The monoisotopic (exact) mass is 152 g/mol. The van der Waals surface area contributed by atoms with Crippen molar-refractivity contribution in [1.82, 2.24) is 4.98 Å². The number of aromatic nitrogens is 2. The van der Waals surface area contributed by atoms with Gasteiger partial charge in [-0.25, -0.2) is 4.57 Å². The maximum atomic E-state index is 10.4.